The number of nitrogens with zero attached hydrogens (tertiary/aromatic N) is 2. The highest BCUT2D eigenvalue weighted by atomic mass is 32.2. The van der Waals surface area contributed by atoms with Crippen LogP contribution in [0.5, 0.6) is 0 Å². The minimum Gasteiger partial charge on any atom is -0.322 e. The molecule has 130 valence electrons. The molecule has 6 heteroatoms. The quantitative estimate of drug-likeness (QED) is 0.825. The minimum absolute atomic E-state index is 0.0137. The molecule has 1 heterocycles. The Labute approximate surface area is 144 Å². The summed E-state index contributed by atoms with van der Waals surface area (Å²) in [6.45, 7) is 2.23. The molecule has 1 amide bonds. The van der Waals surface area contributed by atoms with Crippen molar-refractivity contribution in [2.45, 2.75) is 43.5 Å². The third-order valence-electron chi connectivity index (χ3n) is 5.01. The molecular formula is C18H24N2O3S. The molecule has 5 nitrogen and oxygen atoms in total. The second kappa shape index (κ2) is 6.69. The third-order valence-corrected chi connectivity index (χ3v) is 6.91. The molecule has 0 N–H and O–H groups in total. The molecular weight excluding hydrogens is 324 g/mol. The fourth-order valence-electron chi connectivity index (χ4n) is 3.65. The second-order valence-corrected chi connectivity index (χ2v) is 8.57. The molecule has 1 aliphatic carbocycles. The normalized spacial score (nSPS) is 27.2. The van der Waals surface area contributed by atoms with Gasteiger partial charge in [-0.15, -0.1) is 0 Å². The van der Waals surface area contributed by atoms with E-state index in [2.05, 4.69) is 0 Å². The largest absolute Gasteiger partial charge is 0.322 e. The van der Waals surface area contributed by atoms with Crippen LogP contribution in [0.3, 0.4) is 0 Å². The van der Waals surface area contributed by atoms with Crippen LogP contribution in [0, 0.1) is 12.8 Å². The zero-order chi connectivity index (χ0) is 17.3. The van der Waals surface area contributed by atoms with Gasteiger partial charge in [0.2, 0.25) is 15.9 Å². The SMILES string of the molecule is Cc1ccc(S(=O)(=O)N2C/C=C\N(C)C(=O)[C@@H]3CCCC[C@H]32)cc1. The number of hydrogen-bond donors (Lipinski definition) is 0. The predicted molar refractivity (Wildman–Crippen MR) is 92.7 cm³/mol. The number of amides is 1. The molecule has 0 aromatic heterocycles. The van der Waals surface area contributed by atoms with Gasteiger partial charge in [-0.1, -0.05) is 36.6 Å². The highest BCUT2D eigenvalue weighted by molar-refractivity contribution is 7.89. The summed E-state index contributed by atoms with van der Waals surface area (Å²) in [7, 11) is -1.87. The van der Waals surface area contributed by atoms with Crippen molar-refractivity contribution in [2.24, 2.45) is 5.92 Å². The smallest absolute Gasteiger partial charge is 0.243 e. The van der Waals surface area contributed by atoms with Gasteiger partial charge in [0, 0.05) is 25.8 Å². The fourth-order valence-corrected chi connectivity index (χ4v) is 5.29. The first-order valence-electron chi connectivity index (χ1n) is 8.43. The molecule has 1 aliphatic heterocycles. The Morgan fingerprint density at radius 3 is 2.46 bits per heavy atom. The van der Waals surface area contributed by atoms with Gasteiger partial charge < -0.3 is 4.90 Å². The van der Waals surface area contributed by atoms with E-state index in [-0.39, 0.29) is 17.9 Å². The number of fused-ring (bicyclic) bond motifs is 1. The Hall–Kier alpha value is -1.66. The summed E-state index contributed by atoms with van der Waals surface area (Å²) in [5.41, 5.74) is 1.02. The van der Waals surface area contributed by atoms with Gasteiger partial charge >= 0.3 is 0 Å². The van der Waals surface area contributed by atoms with Crippen LogP contribution in [0.1, 0.15) is 31.2 Å². The standard InChI is InChI=1S/C18H24N2O3S/c1-14-8-10-15(11-9-14)24(22,23)20-13-5-12-19(2)18(21)16-6-3-4-7-17(16)20/h5,8-12,16-17H,3-4,6-7,13H2,1-2H3/b12-5-/t16-,17-/m1/s1. The van der Waals surface area contributed by atoms with Gasteiger partial charge in [-0.3, -0.25) is 4.79 Å². The maximum atomic E-state index is 13.2. The van der Waals surface area contributed by atoms with Gasteiger partial charge in [0.05, 0.1) is 10.8 Å². The van der Waals surface area contributed by atoms with Crippen molar-refractivity contribution in [3.8, 4) is 0 Å². The van der Waals surface area contributed by atoms with Gasteiger partial charge in [-0.05, 0) is 31.9 Å². The molecule has 0 bridgehead atoms. The van der Waals surface area contributed by atoms with E-state index in [1.807, 2.05) is 19.1 Å². The maximum Gasteiger partial charge on any atom is 0.243 e. The van der Waals surface area contributed by atoms with Crippen LogP contribution in [0.15, 0.2) is 41.4 Å². The Kier molecular flexibility index (Phi) is 4.78. The van der Waals surface area contributed by atoms with Gasteiger partial charge in [-0.25, -0.2) is 8.42 Å². The molecule has 1 aromatic rings. The van der Waals surface area contributed by atoms with Crippen molar-refractivity contribution in [3.63, 3.8) is 0 Å². The summed E-state index contributed by atoms with van der Waals surface area (Å²) >= 11 is 0. The van der Waals surface area contributed by atoms with E-state index in [4.69, 9.17) is 0 Å². The molecule has 2 atom stereocenters. The molecule has 3 rings (SSSR count). The molecule has 0 unspecified atom stereocenters. The van der Waals surface area contributed by atoms with E-state index < -0.39 is 10.0 Å². The van der Waals surface area contributed by atoms with Gasteiger partial charge in [-0.2, -0.15) is 4.31 Å². The molecule has 0 spiro atoms. The van der Waals surface area contributed by atoms with Crippen molar-refractivity contribution < 1.29 is 13.2 Å². The molecule has 24 heavy (non-hydrogen) atoms. The number of hydrogen-bond acceptors (Lipinski definition) is 3. The summed E-state index contributed by atoms with van der Waals surface area (Å²) < 4.78 is 27.9. The molecule has 1 saturated carbocycles. The zero-order valence-electron chi connectivity index (χ0n) is 14.2. The molecule has 0 saturated heterocycles. The van der Waals surface area contributed by atoms with Crippen LogP contribution >= 0.6 is 0 Å². The van der Waals surface area contributed by atoms with Crippen molar-refractivity contribution in [3.05, 3.63) is 42.1 Å². The summed E-state index contributed by atoms with van der Waals surface area (Å²) in [6.07, 6.45) is 6.87. The van der Waals surface area contributed by atoms with Crippen molar-refractivity contribution in [1.82, 2.24) is 9.21 Å². The van der Waals surface area contributed by atoms with Crippen molar-refractivity contribution in [1.29, 1.82) is 0 Å². The Morgan fingerprint density at radius 1 is 1.08 bits per heavy atom. The number of carbonyl (C=O) groups is 1. The molecule has 2 aliphatic rings. The number of sulfonamides is 1. The minimum atomic E-state index is -3.62. The van der Waals surface area contributed by atoms with E-state index >= 15 is 0 Å². The summed E-state index contributed by atoms with van der Waals surface area (Å²) in [5, 5.41) is 0. The van der Waals surface area contributed by atoms with E-state index in [0.717, 1.165) is 31.2 Å². The van der Waals surface area contributed by atoms with Crippen LogP contribution in [-0.2, 0) is 14.8 Å². The van der Waals surface area contributed by atoms with E-state index in [0.29, 0.717) is 11.4 Å². The van der Waals surface area contributed by atoms with Gasteiger partial charge in [0.25, 0.3) is 0 Å². The third kappa shape index (κ3) is 3.13. The van der Waals surface area contributed by atoms with Crippen LogP contribution < -0.4 is 0 Å². The average Bonchev–Trinajstić information content (AvgIpc) is 2.57. The van der Waals surface area contributed by atoms with E-state index in [9.17, 15) is 13.2 Å². The zero-order valence-corrected chi connectivity index (χ0v) is 15.0. The van der Waals surface area contributed by atoms with Crippen molar-refractivity contribution in [2.75, 3.05) is 13.6 Å². The number of rotatable bonds is 2. The topological polar surface area (TPSA) is 57.7 Å². The maximum absolute atomic E-state index is 13.2. The second-order valence-electron chi connectivity index (χ2n) is 6.68. The lowest BCUT2D eigenvalue weighted by atomic mass is 9.83. The predicted octanol–water partition coefficient (Wildman–Crippen LogP) is 2.53. The highest BCUT2D eigenvalue weighted by Gasteiger charge is 2.41. The fraction of sp³-hybridized carbons (Fsp3) is 0.500. The van der Waals surface area contributed by atoms with E-state index in [1.54, 1.807) is 36.4 Å². The molecule has 1 aromatic carbocycles. The number of carbonyl (C=O) groups excluding carboxylic acids is 1. The first kappa shape index (κ1) is 17.2. The van der Waals surface area contributed by atoms with Crippen LogP contribution in [0.2, 0.25) is 0 Å². The monoisotopic (exact) mass is 348 g/mol. The summed E-state index contributed by atoms with van der Waals surface area (Å²) in [6, 6.07) is 6.66. The van der Waals surface area contributed by atoms with Crippen molar-refractivity contribution >= 4 is 15.9 Å². The first-order valence-corrected chi connectivity index (χ1v) is 9.87. The Balaban J connectivity index is 2.02. The number of benzene rings is 1. The lowest BCUT2D eigenvalue weighted by Crippen LogP contribution is -2.51. The van der Waals surface area contributed by atoms with Crippen LogP contribution in [0.25, 0.3) is 0 Å². The van der Waals surface area contributed by atoms with Crippen LogP contribution in [0.4, 0.5) is 0 Å². The Morgan fingerprint density at radius 2 is 1.75 bits per heavy atom. The molecule has 0 radical (unpaired) electrons. The van der Waals surface area contributed by atoms with E-state index in [1.165, 1.54) is 4.31 Å². The number of aryl methyl sites for hydroxylation is 1. The van der Waals surface area contributed by atoms with Crippen LogP contribution in [-0.4, -0.2) is 43.2 Å². The summed E-state index contributed by atoms with van der Waals surface area (Å²) in [5.74, 6) is -0.242. The first-order chi connectivity index (χ1) is 11.4. The lowest BCUT2D eigenvalue weighted by Gasteiger charge is -2.40. The van der Waals surface area contributed by atoms with Gasteiger partial charge in [0.15, 0.2) is 0 Å². The Bertz CT molecular complexity index is 740. The van der Waals surface area contributed by atoms with Gasteiger partial charge in [0.1, 0.15) is 0 Å². The average molecular weight is 348 g/mol. The molecule has 1 fully saturated rings. The lowest BCUT2D eigenvalue weighted by molar-refractivity contribution is -0.134. The summed E-state index contributed by atoms with van der Waals surface area (Å²) in [4.78, 5) is 14.5. The highest BCUT2D eigenvalue weighted by Crippen LogP contribution is 2.34.